The average Bonchev–Trinajstić information content (AvgIpc) is 2.74. The smallest absolute Gasteiger partial charge is 0.0962 e. The maximum absolute atomic E-state index is 11.1. The second-order valence-electron chi connectivity index (χ2n) is 8.90. The van der Waals surface area contributed by atoms with E-state index >= 15 is 0 Å². The van der Waals surface area contributed by atoms with Crippen LogP contribution in [0, 0.1) is 29.1 Å². The molecule has 0 amide bonds. The van der Waals surface area contributed by atoms with Crippen molar-refractivity contribution in [2.45, 2.75) is 64.9 Å². The Morgan fingerprint density at radius 1 is 1.29 bits per heavy atom. The first-order chi connectivity index (χ1) is 11.4. The van der Waals surface area contributed by atoms with Crippen molar-refractivity contribution in [3.8, 4) is 0 Å². The maximum Gasteiger partial charge on any atom is 0.0962 e. The quantitative estimate of drug-likeness (QED) is 0.722. The minimum absolute atomic E-state index is 0.0115. The molecule has 4 rings (SSSR count). The van der Waals surface area contributed by atoms with Crippen molar-refractivity contribution in [2.24, 2.45) is 29.1 Å². The third-order valence-electron chi connectivity index (χ3n) is 8.08. The van der Waals surface area contributed by atoms with Gasteiger partial charge in [-0.3, -0.25) is 0 Å². The topological polar surface area (TPSA) is 29.5 Å². The van der Waals surface area contributed by atoms with Crippen molar-refractivity contribution in [1.29, 1.82) is 0 Å². The summed E-state index contributed by atoms with van der Waals surface area (Å²) in [6, 6.07) is 0. The highest BCUT2D eigenvalue weighted by atomic mass is 16.5. The normalized spacial score (nSPS) is 47.2. The first-order valence-electron chi connectivity index (χ1n) is 9.82. The van der Waals surface area contributed by atoms with E-state index in [2.05, 4.69) is 32.6 Å². The molecule has 0 saturated heterocycles. The molecule has 2 heteroatoms. The molecule has 0 aromatic carbocycles. The van der Waals surface area contributed by atoms with Crippen molar-refractivity contribution in [2.75, 3.05) is 6.61 Å². The minimum atomic E-state index is -0.693. The van der Waals surface area contributed by atoms with Gasteiger partial charge in [-0.1, -0.05) is 19.6 Å². The lowest BCUT2D eigenvalue weighted by Crippen LogP contribution is -2.51. The number of aliphatic hydroxyl groups is 1. The molecule has 2 fully saturated rings. The van der Waals surface area contributed by atoms with Crippen molar-refractivity contribution in [3.05, 3.63) is 35.6 Å². The third-order valence-corrected chi connectivity index (χ3v) is 8.08. The second kappa shape index (κ2) is 5.49. The summed E-state index contributed by atoms with van der Waals surface area (Å²) in [6.45, 7) is 11.4. The molecular formula is C22H32O2. The summed E-state index contributed by atoms with van der Waals surface area (Å²) in [5.41, 5.74) is 1.91. The number of hydrogen-bond acceptors (Lipinski definition) is 2. The molecule has 24 heavy (non-hydrogen) atoms. The fraction of sp³-hybridized carbons (Fsp3) is 0.727. The molecule has 0 radical (unpaired) electrons. The Morgan fingerprint density at radius 3 is 2.83 bits per heavy atom. The summed E-state index contributed by atoms with van der Waals surface area (Å²) >= 11 is 0. The Bertz CT molecular complexity index is 611. The van der Waals surface area contributed by atoms with Crippen LogP contribution in [0.25, 0.3) is 0 Å². The summed E-state index contributed by atoms with van der Waals surface area (Å²) in [5, 5.41) is 11.1. The molecular weight excluding hydrogens is 296 g/mol. The zero-order valence-corrected chi connectivity index (χ0v) is 15.5. The lowest BCUT2D eigenvalue weighted by atomic mass is 9.52. The van der Waals surface area contributed by atoms with Crippen LogP contribution in [-0.2, 0) is 4.74 Å². The summed E-state index contributed by atoms with van der Waals surface area (Å²) in [4.78, 5) is 0. The summed E-state index contributed by atoms with van der Waals surface area (Å²) in [6.07, 6.45) is 11.7. The maximum atomic E-state index is 11.1. The lowest BCUT2D eigenvalue weighted by molar-refractivity contribution is -0.0912. The molecule has 4 aliphatic carbocycles. The van der Waals surface area contributed by atoms with Crippen molar-refractivity contribution < 1.29 is 9.84 Å². The van der Waals surface area contributed by atoms with E-state index in [1.165, 1.54) is 24.2 Å². The van der Waals surface area contributed by atoms with Crippen LogP contribution in [0.4, 0.5) is 0 Å². The van der Waals surface area contributed by atoms with Gasteiger partial charge in [0, 0.05) is 11.8 Å². The van der Waals surface area contributed by atoms with Gasteiger partial charge in [0.1, 0.15) is 0 Å². The van der Waals surface area contributed by atoms with E-state index in [0.29, 0.717) is 17.8 Å². The van der Waals surface area contributed by atoms with Crippen LogP contribution in [0.1, 0.15) is 59.3 Å². The first kappa shape index (κ1) is 16.4. The van der Waals surface area contributed by atoms with Gasteiger partial charge >= 0.3 is 0 Å². The zero-order chi connectivity index (χ0) is 17.1. The fourth-order valence-corrected chi connectivity index (χ4v) is 6.40. The number of allylic oxidation sites excluding steroid dienone is 4. The highest BCUT2D eigenvalue weighted by Gasteiger charge is 2.61. The molecule has 4 aliphatic rings. The predicted octanol–water partition coefficient (Wildman–Crippen LogP) is 5.01. The van der Waals surface area contributed by atoms with Crippen LogP contribution in [0.5, 0.6) is 0 Å². The van der Waals surface area contributed by atoms with Crippen LogP contribution >= 0.6 is 0 Å². The molecule has 0 bridgehead atoms. The van der Waals surface area contributed by atoms with Gasteiger partial charge in [-0.05, 0) is 86.8 Å². The van der Waals surface area contributed by atoms with Crippen molar-refractivity contribution in [3.63, 3.8) is 0 Å². The van der Waals surface area contributed by atoms with Crippen LogP contribution in [-0.4, -0.2) is 17.3 Å². The Hall–Kier alpha value is -1.02. The first-order valence-corrected chi connectivity index (χ1v) is 9.82. The van der Waals surface area contributed by atoms with Gasteiger partial charge in [0.05, 0.1) is 18.0 Å². The SMILES string of the molecule is C=C1CC2C3CC=C4C=C(OCC)CCC4C3CCC2(C)C1(C)O. The minimum Gasteiger partial charge on any atom is -0.498 e. The van der Waals surface area contributed by atoms with E-state index in [0.717, 1.165) is 43.8 Å². The zero-order valence-electron chi connectivity index (χ0n) is 15.5. The van der Waals surface area contributed by atoms with E-state index < -0.39 is 5.60 Å². The molecule has 0 aliphatic heterocycles. The Kier molecular flexibility index (Phi) is 3.76. The molecule has 2 nitrogen and oxygen atoms in total. The fourth-order valence-electron chi connectivity index (χ4n) is 6.40. The van der Waals surface area contributed by atoms with Gasteiger partial charge in [0.15, 0.2) is 0 Å². The van der Waals surface area contributed by atoms with E-state index in [9.17, 15) is 5.11 Å². The van der Waals surface area contributed by atoms with Crippen molar-refractivity contribution >= 4 is 0 Å². The number of hydrogen-bond donors (Lipinski definition) is 1. The van der Waals surface area contributed by atoms with Gasteiger partial charge in [0.25, 0.3) is 0 Å². The molecule has 1 N–H and O–H groups in total. The number of ether oxygens (including phenoxy) is 1. The van der Waals surface area contributed by atoms with Crippen LogP contribution in [0.15, 0.2) is 35.6 Å². The Morgan fingerprint density at radius 2 is 2.08 bits per heavy atom. The average molecular weight is 328 g/mol. The highest BCUT2D eigenvalue weighted by Crippen LogP contribution is 2.65. The third kappa shape index (κ3) is 2.11. The molecule has 0 heterocycles. The Labute approximate surface area is 146 Å². The van der Waals surface area contributed by atoms with E-state index in [4.69, 9.17) is 4.74 Å². The van der Waals surface area contributed by atoms with Crippen LogP contribution in [0.3, 0.4) is 0 Å². The molecule has 6 atom stereocenters. The number of rotatable bonds is 2. The van der Waals surface area contributed by atoms with Gasteiger partial charge < -0.3 is 9.84 Å². The summed E-state index contributed by atoms with van der Waals surface area (Å²) < 4.78 is 5.77. The summed E-state index contributed by atoms with van der Waals surface area (Å²) in [7, 11) is 0. The van der Waals surface area contributed by atoms with E-state index in [-0.39, 0.29) is 5.41 Å². The van der Waals surface area contributed by atoms with Gasteiger partial charge in [-0.15, -0.1) is 0 Å². The lowest BCUT2D eigenvalue weighted by Gasteiger charge is -2.54. The highest BCUT2D eigenvalue weighted by molar-refractivity contribution is 5.34. The Balaban J connectivity index is 1.63. The molecule has 6 unspecified atom stereocenters. The van der Waals surface area contributed by atoms with Gasteiger partial charge in [-0.2, -0.15) is 0 Å². The molecule has 0 spiro atoms. The van der Waals surface area contributed by atoms with Gasteiger partial charge in [0.2, 0.25) is 0 Å². The molecule has 2 saturated carbocycles. The van der Waals surface area contributed by atoms with Crippen molar-refractivity contribution in [1.82, 2.24) is 0 Å². The molecule has 132 valence electrons. The van der Waals surface area contributed by atoms with Gasteiger partial charge in [-0.25, -0.2) is 0 Å². The summed E-state index contributed by atoms with van der Waals surface area (Å²) in [5.74, 6) is 3.97. The van der Waals surface area contributed by atoms with Crippen LogP contribution < -0.4 is 0 Å². The predicted molar refractivity (Wildman–Crippen MR) is 97.3 cm³/mol. The van der Waals surface area contributed by atoms with Crippen LogP contribution in [0.2, 0.25) is 0 Å². The van der Waals surface area contributed by atoms with E-state index in [1.54, 1.807) is 0 Å². The molecule has 0 aromatic rings. The largest absolute Gasteiger partial charge is 0.498 e. The number of fused-ring (bicyclic) bond motifs is 5. The standard InChI is InChI=1S/C22H32O2/c1-5-24-16-7-9-17-15(13-16)6-8-19-18(17)10-11-21(3)20(19)12-14(2)22(21,4)23/h6,13,17-20,23H,2,5,7-12H2,1,3-4H3. The van der Waals surface area contributed by atoms with E-state index in [1.807, 2.05) is 6.92 Å². The monoisotopic (exact) mass is 328 g/mol. The second-order valence-corrected chi connectivity index (χ2v) is 8.90. The molecule has 0 aromatic heterocycles.